The van der Waals surface area contributed by atoms with Crippen LogP contribution in [0, 0.1) is 5.41 Å². The van der Waals surface area contributed by atoms with Gasteiger partial charge in [-0.3, -0.25) is 0 Å². The molecule has 1 aliphatic rings. The number of amides is 1. The van der Waals surface area contributed by atoms with E-state index in [-0.39, 0.29) is 23.6 Å². The standard InChI is InChI=1S/C18H23F2NO3/c1-17(2,3)14-10-18(11-22,8-9-21(14)16(23)24)13-6-4-12(5-7-13)15(19)20/h4-7,11,14-15H,8-10H2,1-3H3,(H,23,24). The highest BCUT2D eigenvalue weighted by molar-refractivity contribution is 5.71. The van der Waals surface area contributed by atoms with E-state index in [0.29, 0.717) is 18.4 Å². The summed E-state index contributed by atoms with van der Waals surface area (Å²) in [6, 6.07) is 5.46. The van der Waals surface area contributed by atoms with E-state index in [9.17, 15) is 23.5 Å². The Hall–Kier alpha value is -1.98. The number of carbonyl (C=O) groups is 2. The van der Waals surface area contributed by atoms with Gasteiger partial charge in [0.25, 0.3) is 6.43 Å². The number of alkyl halides is 2. The van der Waals surface area contributed by atoms with Gasteiger partial charge in [0.2, 0.25) is 0 Å². The van der Waals surface area contributed by atoms with Crippen molar-refractivity contribution in [2.24, 2.45) is 5.41 Å². The molecule has 1 aromatic carbocycles. The zero-order chi connectivity index (χ0) is 18.1. The second kappa shape index (κ2) is 6.49. The number of aldehydes is 1. The van der Waals surface area contributed by atoms with Gasteiger partial charge in [-0.15, -0.1) is 0 Å². The first-order valence-corrected chi connectivity index (χ1v) is 7.95. The Kier molecular flexibility index (Phi) is 4.97. The molecule has 132 valence electrons. The van der Waals surface area contributed by atoms with Gasteiger partial charge in [0.05, 0.1) is 5.41 Å². The Labute approximate surface area is 140 Å². The van der Waals surface area contributed by atoms with Crippen molar-refractivity contribution in [1.29, 1.82) is 0 Å². The highest BCUT2D eigenvalue weighted by Gasteiger charge is 2.46. The first-order valence-electron chi connectivity index (χ1n) is 7.95. The number of carboxylic acid groups (broad SMARTS) is 1. The van der Waals surface area contributed by atoms with Crippen LogP contribution in [0.4, 0.5) is 13.6 Å². The number of benzene rings is 1. The molecule has 0 spiro atoms. The first-order chi connectivity index (χ1) is 11.1. The molecule has 1 saturated heterocycles. The van der Waals surface area contributed by atoms with Crippen LogP contribution in [-0.2, 0) is 10.2 Å². The summed E-state index contributed by atoms with van der Waals surface area (Å²) in [5.74, 6) is 0. The van der Waals surface area contributed by atoms with Gasteiger partial charge in [-0.25, -0.2) is 13.6 Å². The summed E-state index contributed by atoms with van der Waals surface area (Å²) in [4.78, 5) is 24.8. The van der Waals surface area contributed by atoms with E-state index >= 15 is 0 Å². The van der Waals surface area contributed by atoms with Crippen LogP contribution in [-0.4, -0.2) is 35.0 Å². The van der Waals surface area contributed by atoms with Gasteiger partial charge in [-0.1, -0.05) is 45.0 Å². The topological polar surface area (TPSA) is 57.6 Å². The minimum Gasteiger partial charge on any atom is -0.465 e. The molecule has 1 aromatic rings. The Morgan fingerprint density at radius 1 is 1.33 bits per heavy atom. The molecule has 1 N–H and O–H groups in total. The first kappa shape index (κ1) is 18.4. The lowest BCUT2D eigenvalue weighted by atomic mass is 9.66. The van der Waals surface area contributed by atoms with Crippen molar-refractivity contribution in [3.63, 3.8) is 0 Å². The van der Waals surface area contributed by atoms with Gasteiger partial charge in [-0.2, -0.15) is 0 Å². The van der Waals surface area contributed by atoms with Crippen LogP contribution in [0.25, 0.3) is 0 Å². The van der Waals surface area contributed by atoms with E-state index in [1.807, 2.05) is 20.8 Å². The lowest BCUT2D eigenvalue weighted by Crippen LogP contribution is -2.56. The summed E-state index contributed by atoms with van der Waals surface area (Å²) in [5, 5.41) is 9.44. The molecule has 0 saturated carbocycles. The van der Waals surface area contributed by atoms with E-state index in [0.717, 1.165) is 6.29 Å². The Morgan fingerprint density at radius 3 is 2.33 bits per heavy atom. The third-order valence-corrected chi connectivity index (χ3v) is 4.94. The van der Waals surface area contributed by atoms with Gasteiger partial charge in [-0.05, 0) is 23.8 Å². The van der Waals surface area contributed by atoms with Crippen LogP contribution in [0.1, 0.15) is 51.2 Å². The highest BCUT2D eigenvalue weighted by Crippen LogP contribution is 2.42. The monoisotopic (exact) mass is 339 g/mol. The average Bonchev–Trinajstić information content (AvgIpc) is 2.53. The van der Waals surface area contributed by atoms with Crippen molar-refractivity contribution in [1.82, 2.24) is 4.90 Å². The van der Waals surface area contributed by atoms with Gasteiger partial charge in [0, 0.05) is 18.2 Å². The van der Waals surface area contributed by atoms with Crippen LogP contribution in [0.3, 0.4) is 0 Å². The maximum Gasteiger partial charge on any atom is 0.407 e. The number of nitrogens with zero attached hydrogens (tertiary/aromatic N) is 1. The molecule has 4 nitrogen and oxygen atoms in total. The molecule has 0 aliphatic carbocycles. The smallest absolute Gasteiger partial charge is 0.407 e. The number of piperidine rings is 1. The summed E-state index contributed by atoms with van der Waals surface area (Å²) in [5.41, 5.74) is -0.600. The van der Waals surface area contributed by atoms with Crippen molar-refractivity contribution >= 4 is 12.4 Å². The van der Waals surface area contributed by atoms with E-state index in [2.05, 4.69) is 0 Å². The predicted molar refractivity (Wildman–Crippen MR) is 86.3 cm³/mol. The second-order valence-corrected chi connectivity index (χ2v) is 7.51. The molecule has 1 amide bonds. The molecule has 1 heterocycles. The number of rotatable bonds is 3. The Balaban J connectivity index is 2.39. The van der Waals surface area contributed by atoms with Crippen molar-refractivity contribution in [3.8, 4) is 0 Å². The summed E-state index contributed by atoms with van der Waals surface area (Å²) < 4.78 is 25.5. The molecule has 2 atom stereocenters. The normalized spacial score (nSPS) is 24.9. The molecule has 1 aliphatic heterocycles. The van der Waals surface area contributed by atoms with E-state index in [4.69, 9.17) is 0 Å². The molecule has 2 rings (SSSR count). The van der Waals surface area contributed by atoms with Crippen molar-refractivity contribution in [2.75, 3.05) is 6.54 Å². The molecular formula is C18H23F2NO3. The number of hydrogen-bond donors (Lipinski definition) is 1. The lowest BCUT2D eigenvalue weighted by Gasteiger charge is -2.48. The van der Waals surface area contributed by atoms with Gasteiger partial charge in [0.1, 0.15) is 6.29 Å². The maximum atomic E-state index is 12.7. The summed E-state index contributed by atoms with van der Waals surface area (Å²) in [6.07, 6.45) is -2.00. The van der Waals surface area contributed by atoms with E-state index in [1.54, 1.807) is 12.1 Å². The fourth-order valence-corrected chi connectivity index (χ4v) is 3.43. The fourth-order valence-electron chi connectivity index (χ4n) is 3.43. The number of likely N-dealkylation sites (tertiary alicyclic amines) is 1. The molecule has 0 bridgehead atoms. The fraction of sp³-hybridized carbons (Fsp3) is 0.556. The molecule has 0 radical (unpaired) electrons. The molecule has 0 aromatic heterocycles. The summed E-state index contributed by atoms with van der Waals surface area (Å²) >= 11 is 0. The summed E-state index contributed by atoms with van der Waals surface area (Å²) in [6.45, 7) is 6.06. The molecule has 2 unspecified atom stereocenters. The zero-order valence-electron chi connectivity index (χ0n) is 14.1. The SMILES string of the molecule is CC(C)(C)C1CC(C=O)(c2ccc(C(F)F)cc2)CCN1C(=O)O. The highest BCUT2D eigenvalue weighted by atomic mass is 19.3. The lowest BCUT2D eigenvalue weighted by molar-refractivity contribution is -0.115. The van der Waals surface area contributed by atoms with Crippen molar-refractivity contribution < 1.29 is 23.5 Å². The number of carbonyl (C=O) groups excluding carboxylic acids is 1. The Morgan fingerprint density at radius 2 is 1.92 bits per heavy atom. The second-order valence-electron chi connectivity index (χ2n) is 7.51. The largest absolute Gasteiger partial charge is 0.465 e. The molecule has 6 heteroatoms. The van der Waals surface area contributed by atoms with Crippen molar-refractivity contribution in [3.05, 3.63) is 35.4 Å². The number of hydrogen-bond acceptors (Lipinski definition) is 2. The van der Waals surface area contributed by atoms with Crippen LogP contribution in [0.2, 0.25) is 0 Å². The third kappa shape index (κ3) is 3.42. The number of halogens is 2. The van der Waals surface area contributed by atoms with Gasteiger partial charge >= 0.3 is 6.09 Å². The maximum absolute atomic E-state index is 12.7. The average molecular weight is 339 g/mol. The van der Waals surface area contributed by atoms with Crippen LogP contribution in [0.15, 0.2) is 24.3 Å². The van der Waals surface area contributed by atoms with Crippen LogP contribution < -0.4 is 0 Å². The Bertz CT molecular complexity index is 610. The van der Waals surface area contributed by atoms with E-state index < -0.39 is 17.9 Å². The quantitative estimate of drug-likeness (QED) is 0.838. The van der Waals surface area contributed by atoms with Gasteiger partial charge in [0.15, 0.2) is 0 Å². The van der Waals surface area contributed by atoms with Crippen LogP contribution in [0.5, 0.6) is 0 Å². The molecule has 1 fully saturated rings. The zero-order valence-corrected chi connectivity index (χ0v) is 14.1. The minimum absolute atomic E-state index is 0.0878. The minimum atomic E-state index is -2.55. The predicted octanol–water partition coefficient (Wildman–Crippen LogP) is 4.25. The molecular weight excluding hydrogens is 316 g/mol. The van der Waals surface area contributed by atoms with Gasteiger partial charge < -0.3 is 14.8 Å². The molecule has 24 heavy (non-hydrogen) atoms. The third-order valence-electron chi connectivity index (χ3n) is 4.94. The summed E-state index contributed by atoms with van der Waals surface area (Å²) in [7, 11) is 0. The van der Waals surface area contributed by atoms with Crippen LogP contribution >= 0.6 is 0 Å². The van der Waals surface area contributed by atoms with E-state index in [1.165, 1.54) is 17.0 Å². The van der Waals surface area contributed by atoms with Crippen molar-refractivity contribution in [2.45, 2.75) is 51.5 Å².